The smallest absolute Gasteiger partial charge is 0.335 e. The zero-order chi connectivity index (χ0) is 23.5. The van der Waals surface area contributed by atoms with Crippen LogP contribution in [-0.4, -0.2) is 23.0 Å². The summed E-state index contributed by atoms with van der Waals surface area (Å²) >= 11 is 6.21. The van der Waals surface area contributed by atoms with Gasteiger partial charge in [-0.15, -0.1) is 0 Å². The topological polar surface area (TPSA) is 140 Å². The quantitative estimate of drug-likeness (QED) is 0.537. The molecular formula is C24H16ClN5O3. The second-order valence-corrected chi connectivity index (χ2v) is 7.54. The fraction of sp³-hybridized carbons (Fsp3) is 0.0833. The number of aromatic carboxylic acids is 1. The number of nitrogens with two attached hydrogens (primary N) is 1. The Labute approximate surface area is 194 Å². The van der Waals surface area contributed by atoms with Crippen LogP contribution in [0, 0.1) is 28.6 Å². The van der Waals surface area contributed by atoms with Gasteiger partial charge >= 0.3 is 5.97 Å². The number of hydrogen-bond donors (Lipinski definition) is 2. The van der Waals surface area contributed by atoms with Crippen LogP contribution in [0.25, 0.3) is 17.4 Å². The molecule has 0 saturated carbocycles. The fourth-order valence-corrected chi connectivity index (χ4v) is 3.66. The molecule has 0 aliphatic carbocycles. The second kappa shape index (κ2) is 9.01. The molecule has 1 aromatic heterocycles. The third kappa shape index (κ3) is 4.21. The highest BCUT2D eigenvalue weighted by Crippen LogP contribution is 2.32. The van der Waals surface area contributed by atoms with Crippen LogP contribution in [0.5, 0.6) is 0 Å². The van der Waals surface area contributed by atoms with Crippen molar-refractivity contribution in [3.8, 4) is 23.5 Å². The summed E-state index contributed by atoms with van der Waals surface area (Å²) in [5.41, 5.74) is 7.77. The molecule has 3 N–H and O–H groups in total. The Morgan fingerprint density at radius 1 is 1.18 bits per heavy atom. The van der Waals surface area contributed by atoms with Gasteiger partial charge < -0.3 is 15.3 Å². The van der Waals surface area contributed by atoms with Crippen molar-refractivity contribution in [1.82, 2.24) is 0 Å². The van der Waals surface area contributed by atoms with Gasteiger partial charge in [-0.05, 0) is 42.5 Å². The molecule has 0 amide bonds. The van der Waals surface area contributed by atoms with E-state index in [1.165, 1.54) is 29.3 Å². The number of hydrazone groups is 1. The van der Waals surface area contributed by atoms with E-state index in [0.717, 1.165) is 0 Å². The first-order valence-corrected chi connectivity index (χ1v) is 10.1. The molecule has 8 nitrogen and oxygen atoms in total. The zero-order valence-corrected chi connectivity index (χ0v) is 17.8. The van der Waals surface area contributed by atoms with E-state index in [2.05, 4.69) is 17.2 Å². The highest BCUT2D eigenvalue weighted by molar-refractivity contribution is 6.33. The van der Waals surface area contributed by atoms with Crippen molar-refractivity contribution in [1.29, 1.82) is 10.5 Å². The number of rotatable bonds is 5. The molecule has 3 aromatic rings. The monoisotopic (exact) mass is 457 g/mol. The Balaban J connectivity index is 1.70. The van der Waals surface area contributed by atoms with Crippen LogP contribution in [0.3, 0.4) is 0 Å². The highest BCUT2D eigenvalue weighted by atomic mass is 35.5. The van der Waals surface area contributed by atoms with Crippen molar-refractivity contribution < 1.29 is 14.3 Å². The zero-order valence-electron chi connectivity index (χ0n) is 17.0. The third-order valence-electron chi connectivity index (χ3n) is 5.08. The first kappa shape index (κ1) is 21.8. The molecule has 1 aliphatic rings. The molecule has 0 fully saturated rings. The first-order chi connectivity index (χ1) is 15.9. The van der Waals surface area contributed by atoms with E-state index < -0.39 is 18.1 Å². The maximum Gasteiger partial charge on any atom is 0.335 e. The molecule has 0 unspecified atom stereocenters. The standard InChI is InChI=1S/C24H16ClN5O3/c25-20-8-6-14(24(31)32)11-18(20)21-9-7-17(33-21)10-15(12-26)22-19(13-27)23(28)30(29-22)16-4-2-1-3-5-16/h1-11,19,23H,28H2,(H,31,32)/b15-10-/t19-,23+/m0/s1. The molecule has 0 bridgehead atoms. The summed E-state index contributed by atoms with van der Waals surface area (Å²) in [6, 6.07) is 20.8. The molecule has 162 valence electrons. The van der Waals surface area contributed by atoms with Gasteiger partial charge in [0.25, 0.3) is 0 Å². The largest absolute Gasteiger partial charge is 0.478 e. The predicted molar refractivity (Wildman–Crippen MR) is 123 cm³/mol. The molecular weight excluding hydrogens is 442 g/mol. The number of para-hydroxylation sites is 1. The van der Waals surface area contributed by atoms with Crippen LogP contribution >= 0.6 is 11.6 Å². The molecule has 2 aromatic carbocycles. The molecule has 33 heavy (non-hydrogen) atoms. The number of allylic oxidation sites excluding steroid dienone is 1. The normalized spacial score (nSPS) is 17.9. The molecule has 2 atom stereocenters. The summed E-state index contributed by atoms with van der Waals surface area (Å²) < 4.78 is 5.80. The summed E-state index contributed by atoms with van der Waals surface area (Å²) in [7, 11) is 0. The van der Waals surface area contributed by atoms with E-state index in [-0.39, 0.29) is 16.8 Å². The van der Waals surface area contributed by atoms with Crippen molar-refractivity contribution in [2.45, 2.75) is 6.17 Å². The Hall–Kier alpha value is -4.37. The molecule has 0 radical (unpaired) electrons. The van der Waals surface area contributed by atoms with Gasteiger partial charge in [0.1, 0.15) is 29.7 Å². The van der Waals surface area contributed by atoms with Gasteiger partial charge in [0.15, 0.2) is 0 Å². The lowest BCUT2D eigenvalue weighted by molar-refractivity contribution is 0.0697. The van der Waals surface area contributed by atoms with E-state index in [1.807, 2.05) is 30.3 Å². The Morgan fingerprint density at radius 3 is 2.61 bits per heavy atom. The second-order valence-electron chi connectivity index (χ2n) is 7.13. The van der Waals surface area contributed by atoms with Gasteiger partial charge in [-0.2, -0.15) is 15.6 Å². The molecule has 9 heteroatoms. The van der Waals surface area contributed by atoms with Crippen molar-refractivity contribution >= 4 is 35.0 Å². The number of nitriles is 2. The summed E-state index contributed by atoms with van der Waals surface area (Å²) in [4.78, 5) is 11.3. The predicted octanol–water partition coefficient (Wildman–Crippen LogP) is 4.51. The molecule has 2 heterocycles. The lowest BCUT2D eigenvalue weighted by Crippen LogP contribution is -2.40. The Bertz CT molecular complexity index is 1360. The SMILES string of the molecule is N#C/C(=C/c1ccc(-c2cc(C(=O)O)ccc2Cl)o1)C1=NN(c2ccccc2)[C@@H](N)[C@H]1C#N. The summed E-state index contributed by atoms with van der Waals surface area (Å²) in [6.45, 7) is 0. The minimum absolute atomic E-state index is 0.0628. The number of benzene rings is 2. The van der Waals surface area contributed by atoms with E-state index in [9.17, 15) is 20.4 Å². The maximum atomic E-state index is 11.3. The van der Waals surface area contributed by atoms with Crippen LogP contribution in [-0.2, 0) is 0 Å². The van der Waals surface area contributed by atoms with Crippen molar-refractivity contribution in [3.63, 3.8) is 0 Å². The summed E-state index contributed by atoms with van der Waals surface area (Å²) in [6.07, 6.45) is 0.705. The minimum atomic E-state index is -1.09. The number of carbonyl (C=O) groups is 1. The lowest BCUT2D eigenvalue weighted by Gasteiger charge is -2.21. The van der Waals surface area contributed by atoms with Gasteiger partial charge in [0.05, 0.1) is 33.6 Å². The Morgan fingerprint density at radius 2 is 1.94 bits per heavy atom. The fourth-order valence-electron chi connectivity index (χ4n) is 3.45. The summed E-state index contributed by atoms with van der Waals surface area (Å²) in [5.74, 6) is -1.27. The number of hydrogen-bond acceptors (Lipinski definition) is 7. The number of furan rings is 1. The number of halogens is 1. The van der Waals surface area contributed by atoms with E-state index in [0.29, 0.717) is 27.8 Å². The number of nitrogens with zero attached hydrogens (tertiary/aromatic N) is 4. The first-order valence-electron chi connectivity index (χ1n) is 9.76. The number of anilines is 1. The maximum absolute atomic E-state index is 11.3. The van der Waals surface area contributed by atoms with Crippen molar-refractivity contribution in [2.24, 2.45) is 16.8 Å². The van der Waals surface area contributed by atoms with Gasteiger partial charge in [0, 0.05) is 11.6 Å². The molecule has 1 aliphatic heterocycles. The van der Waals surface area contributed by atoms with E-state index >= 15 is 0 Å². The lowest BCUT2D eigenvalue weighted by atomic mass is 9.96. The van der Waals surface area contributed by atoms with Crippen LogP contribution in [0.4, 0.5) is 5.69 Å². The molecule has 0 saturated heterocycles. The van der Waals surface area contributed by atoms with E-state index in [1.54, 1.807) is 12.1 Å². The number of carboxylic acids is 1. The van der Waals surface area contributed by atoms with Crippen molar-refractivity contribution in [3.05, 3.63) is 82.6 Å². The third-order valence-corrected chi connectivity index (χ3v) is 5.41. The summed E-state index contributed by atoms with van der Waals surface area (Å²) in [5, 5.41) is 35.0. The van der Waals surface area contributed by atoms with Crippen LogP contribution in [0.15, 0.2) is 75.8 Å². The van der Waals surface area contributed by atoms with Gasteiger partial charge in [-0.1, -0.05) is 29.8 Å². The van der Waals surface area contributed by atoms with Gasteiger partial charge in [-0.3, -0.25) is 0 Å². The highest BCUT2D eigenvalue weighted by Gasteiger charge is 2.37. The Kier molecular flexibility index (Phi) is 5.97. The van der Waals surface area contributed by atoms with Crippen LogP contribution in [0.2, 0.25) is 5.02 Å². The average molecular weight is 458 g/mol. The van der Waals surface area contributed by atoms with Crippen LogP contribution in [0.1, 0.15) is 16.1 Å². The van der Waals surface area contributed by atoms with E-state index in [4.69, 9.17) is 21.8 Å². The minimum Gasteiger partial charge on any atom is -0.478 e. The molecule has 0 spiro atoms. The van der Waals surface area contributed by atoms with Gasteiger partial charge in [-0.25, -0.2) is 9.80 Å². The van der Waals surface area contributed by atoms with Gasteiger partial charge in [0.2, 0.25) is 0 Å². The average Bonchev–Trinajstić information content (AvgIpc) is 3.42. The number of carboxylic acid groups (broad SMARTS) is 1. The van der Waals surface area contributed by atoms with Crippen molar-refractivity contribution in [2.75, 3.05) is 5.01 Å². The van der Waals surface area contributed by atoms with Crippen LogP contribution < -0.4 is 10.7 Å². The molecule has 4 rings (SSSR count).